The van der Waals surface area contributed by atoms with Gasteiger partial charge in [0, 0.05) is 50.4 Å². The zero-order chi connectivity index (χ0) is 69.7. The molecule has 0 aliphatic carbocycles. The molecule has 2 saturated heterocycles. The molecule has 7 N–H and O–H groups in total. The molecule has 0 spiro atoms. The van der Waals surface area contributed by atoms with E-state index < -0.39 is 23.9 Å². The molecule has 2 aliphatic heterocycles. The van der Waals surface area contributed by atoms with Crippen molar-refractivity contribution in [1.82, 2.24) is 10.3 Å². The molecule has 6 rings (SSSR count). The molecule has 18 heteroatoms. The Morgan fingerprint density at radius 2 is 1.18 bits per heavy atom. The molecule has 4 aromatic rings. The number of nitrogens with two attached hydrogens (primary N) is 2. The predicted octanol–water partition coefficient (Wildman–Crippen LogP) is 15.6. The monoisotopic (exact) mass is 1330 g/mol. The third-order valence-electron chi connectivity index (χ3n) is 17.3. The van der Waals surface area contributed by atoms with Crippen molar-refractivity contribution in [2.45, 2.75) is 243 Å². The molecule has 94 heavy (non-hydrogen) atoms. The fourth-order valence-corrected chi connectivity index (χ4v) is 9.79. The fourth-order valence-electron chi connectivity index (χ4n) is 9.61. The number of hydrogen-bond donors (Lipinski definition) is 5. The fraction of sp³-hybridized carbons (Fsp3) is 0.618. The molecule has 2 aromatic heterocycles. The van der Waals surface area contributed by atoms with Gasteiger partial charge in [-0.25, -0.2) is 4.57 Å². The average Bonchev–Trinajstić information content (AvgIpc) is 1.67. The van der Waals surface area contributed by atoms with Crippen LogP contribution in [0, 0.1) is 35.5 Å². The molecule has 17 nitrogen and oxygen atoms in total. The number of carboxylic acid groups (broad SMARTS) is 2. The standard InChI is InChI=1S/C22H30N2O2.C14H16O3.C11H15Cl.C9H14O4.C8H18N2O.C5H13N.C5H10O2.2CH4/c1-3-19(17-18(2)20-8-12-23-13-9-20)21-10-15-24(16-11-21)14-6-4-5-7-22(25)26;1-9(11-6-4-3-5-7-11)8-12-10(2)13(15)17-14(12)16;1-3-9(2)11-6-4-10(8-12)5-7-11;1-5(12-3)4-7-6(2)8(10)13-9(7)11;1-7(11)8(10-2)5-3-4-6-9;1-3-5(2)4-6;1-3-4(2)5(6)7;;/h8-13,15-16,18-19H,3-7,14,17H2,1-2H3;3-7,9-10,12H,8H2,1-2H3;4-7,9H,3,8H2,1-2H3;5-7H,4H2,1-3H3;8,10H,3-6,9H2,1-2H3;5H,3-4,6H2,1-2H3;4H,3H2,1-2H3,(H,6,7);2*1H4/p+1. The first-order chi connectivity index (χ1) is 43.7. The van der Waals surface area contributed by atoms with Crippen molar-refractivity contribution in [1.29, 1.82) is 0 Å². The Bertz CT molecular complexity index is 2650. The van der Waals surface area contributed by atoms with Gasteiger partial charge in [0.1, 0.15) is 12.3 Å². The van der Waals surface area contributed by atoms with Crippen LogP contribution in [0.5, 0.6) is 0 Å². The number of pyridine rings is 2. The number of cyclic esters (lactones) is 4. The van der Waals surface area contributed by atoms with E-state index in [0.29, 0.717) is 48.9 Å². The molecular weight excluding hydrogens is 1210 g/mol. The van der Waals surface area contributed by atoms with Crippen molar-refractivity contribution < 1.29 is 62.6 Å². The summed E-state index contributed by atoms with van der Waals surface area (Å²) >= 11 is 5.69. The van der Waals surface area contributed by atoms with Crippen molar-refractivity contribution >= 4 is 53.2 Å². The molecule has 2 aliphatic rings. The molecule has 0 radical (unpaired) electrons. The number of rotatable bonds is 30. The average molecular weight is 1340 g/mol. The minimum atomic E-state index is -0.706. The van der Waals surface area contributed by atoms with Crippen LogP contribution in [0.25, 0.3) is 0 Å². The maximum absolute atomic E-state index is 11.5. The number of esters is 4. The SMILES string of the molecule is C.C.CC(CC1C(=O)OC(=O)C1C)c1ccccc1.CCC(C)C(=O)O.CCC(C)CN.CCC(C)c1ccc(CCl)cc1.CCC(CC(C)c1ccncc1)c1cc[n+](CCCCCC(=O)O)cc1.CNC(CCCCN)C(C)=O.COC(C)CC1C(=O)OC(=O)C1C. The third kappa shape index (κ3) is 38.3. The number of ether oxygens (including phenoxy) is 3. The van der Waals surface area contributed by atoms with Crippen molar-refractivity contribution in [2.24, 2.45) is 47.0 Å². The second-order valence-corrected chi connectivity index (χ2v) is 24.8. The number of nitrogens with one attached hydrogen (secondary N) is 1. The number of aryl methyl sites for hydroxylation is 1. The molecule has 0 saturated carbocycles. The Labute approximate surface area is 572 Å². The Morgan fingerprint density at radius 1 is 0.649 bits per heavy atom. The van der Waals surface area contributed by atoms with E-state index in [9.17, 15) is 33.6 Å². The van der Waals surface area contributed by atoms with Gasteiger partial charge in [0.25, 0.3) is 0 Å². The van der Waals surface area contributed by atoms with Crippen LogP contribution in [0.1, 0.15) is 246 Å². The highest BCUT2D eigenvalue weighted by Crippen LogP contribution is 2.34. The van der Waals surface area contributed by atoms with E-state index in [-0.39, 0.29) is 86.6 Å². The topological polar surface area (TPSA) is 268 Å². The minimum Gasteiger partial charge on any atom is -0.481 e. The number of carbonyl (C=O) groups excluding carboxylic acids is 5. The summed E-state index contributed by atoms with van der Waals surface area (Å²) in [4.78, 5) is 80.4. The number of unbranched alkanes of at least 4 members (excludes halogenated alkanes) is 3. The summed E-state index contributed by atoms with van der Waals surface area (Å²) in [6.45, 7) is 28.4. The molecule has 0 amide bonds. The number of hydrogen-bond acceptors (Lipinski definition) is 14. The third-order valence-corrected chi connectivity index (χ3v) is 17.6. The van der Waals surface area contributed by atoms with Gasteiger partial charge < -0.3 is 41.2 Å². The highest BCUT2D eigenvalue weighted by molar-refractivity contribution is 6.17. The van der Waals surface area contributed by atoms with Gasteiger partial charge in [0.05, 0.1) is 41.7 Å². The van der Waals surface area contributed by atoms with E-state index in [0.717, 1.165) is 70.9 Å². The number of Topliss-reactive ketones (excluding diaryl/α,β-unsaturated/α-hetero) is 1. The van der Waals surface area contributed by atoms with Gasteiger partial charge >= 0.3 is 35.8 Å². The lowest BCUT2D eigenvalue weighted by atomic mass is 9.85. The quantitative estimate of drug-likeness (QED) is 0.0107. The van der Waals surface area contributed by atoms with Gasteiger partial charge in [-0.05, 0) is 168 Å². The van der Waals surface area contributed by atoms with Crippen molar-refractivity contribution in [3.05, 3.63) is 131 Å². The maximum Gasteiger partial charge on any atom is 0.317 e. The van der Waals surface area contributed by atoms with Crippen LogP contribution >= 0.6 is 11.6 Å². The molecule has 4 heterocycles. The Balaban J connectivity index is -0.00000108. The summed E-state index contributed by atoms with van der Waals surface area (Å²) in [6.07, 6.45) is 20.6. The Hall–Kier alpha value is -6.24. The van der Waals surface area contributed by atoms with Gasteiger partial charge in [-0.15, -0.1) is 11.6 Å². The molecule has 0 bridgehead atoms. The lowest BCUT2D eigenvalue weighted by Crippen LogP contribution is -2.32. The van der Waals surface area contributed by atoms with Gasteiger partial charge in [-0.2, -0.15) is 0 Å². The van der Waals surface area contributed by atoms with E-state index in [1.54, 1.807) is 34.8 Å². The summed E-state index contributed by atoms with van der Waals surface area (Å²) < 4.78 is 16.4. The van der Waals surface area contributed by atoms with E-state index in [2.05, 4.69) is 134 Å². The summed E-state index contributed by atoms with van der Waals surface area (Å²) in [5.74, 6) is -0.917. The normalized spacial score (nSPS) is 17.6. The first kappa shape index (κ1) is 92.0. The maximum atomic E-state index is 11.5. The lowest BCUT2D eigenvalue weighted by molar-refractivity contribution is -0.697. The largest absolute Gasteiger partial charge is 0.481 e. The van der Waals surface area contributed by atoms with Gasteiger partial charge in [-0.3, -0.25) is 38.5 Å². The highest BCUT2D eigenvalue weighted by atomic mass is 35.5. The second kappa shape index (κ2) is 53.9. The molecule has 2 aromatic carbocycles. The zero-order valence-corrected chi connectivity index (χ0v) is 59.1. The van der Waals surface area contributed by atoms with Crippen molar-refractivity contribution in [3.8, 4) is 0 Å². The van der Waals surface area contributed by atoms with Gasteiger partial charge in [0.2, 0.25) is 0 Å². The second-order valence-electron chi connectivity index (χ2n) is 24.5. The number of ketones is 1. The molecule has 2 fully saturated rings. The van der Waals surface area contributed by atoms with Crippen LogP contribution in [0.3, 0.4) is 0 Å². The molecule has 12 unspecified atom stereocenters. The number of halogens is 1. The molecule has 12 atom stereocenters. The number of nitrogens with zero attached hydrogens (tertiary/aromatic N) is 2. The number of aliphatic carboxylic acids is 2. The number of carbonyl (C=O) groups is 7. The number of benzene rings is 2. The van der Waals surface area contributed by atoms with Crippen molar-refractivity contribution in [2.75, 3.05) is 27.2 Å². The van der Waals surface area contributed by atoms with E-state index >= 15 is 0 Å². The predicted molar refractivity (Wildman–Crippen MR) is 381 cm³/mol. The summed E-state index contributed by atoms with van der Waals surface area (Å²) in [5, 5.41) is 19.8. The smallest absolute Gasteiger partial charge is 0.317 e. The van der Waals surface area contributed by atoms with Crippen LogP contribution in [-0.2, 0) is 60.2 Å². The first-order valence-corrected chi connectivity index (χ1v) is 33.9. The Morgan fingerprint density at radius 3 is 1.57 bits per heavy atom. The minimum absolute atomic E-state index is 0. The molecule has 532 valence electrons. The zero-order valence-electron chi connectivity index (χ0n) is 58.4. The number of aromatic nitrogens is 2. The van der Waals surface area contributed by atoms with Crippen LogP contribution < -0.4 is 21.4 Å². The van der Waals surface area contributed by atoms with Crippen LogP contribution in [-0.4, -0.2) is 96.2 Å². The molecular formula is C76H125ClN5O12+. The van der Waals surface area contributed by atoms with E-state index in [4.69, 9.17) is 38.0 Å². The number of alkyl halides is 1. The highest BCUT2D eigenvalue weighted by Gasteiger charge is 2.42. The van der Waals surface area contributed by atoms with E-state index in [1.807, 2.05) is 63.6 Å². The number of carboxylic acids is 2. The van der Waals surface area contributed by atoms with Crippen LogP contribution in [0.15, 0.2) is 104 Å². The van der Waals surface area contributed by atoms with Crippen molar-refractivity contribution in [3.63, 3.8) is 0 Å². The van der Waals surface area contributed by atoms with Gasteiger partial charge in [0.15, 0.2) is 12.4 Å². The van der Waals surface area contributed by atoms with Gasteiger partial charge in [-0.1, -0.05) is 158 Å². The number of likely N-dealkylation sites (N-methyl/N-ethyl adjacent to an activating group) is 1. The first-order valence-electron chi connectivity index (χ1n) is 33.4. The van der Waals surface area contributed by atoms with Crippen LogP contribution in [0.4, 0.5) is 0 Å². The Kier molecular flexibility index (Phi) is 52.8. The summed E-state index contributed by atoms with van der Waals surface area (Å²) in [7, 11) is 3.39. The summed E-state index contributed by atoms with van der Waals surface area (Å²) in [6, 6.07) is 27.3. The van der Waals surface area contributed by atoms with E-state index in [1.165, 1.54) is 40.7 Å². The summed E-state index contributed by atoms with van der Waals surface area (Å²) in [5.41, 5.74) is 17.2. The number of methoxy groups -OCH3 is 1. The van der Waals surface area contributed by atoms with Crippen LogP contribution in [0.2, 0.25) is 0 Å². The lowest BCUT2D eigenvalue weighted by Gasteiger charge is -2.20.